The fourth-order valence-corrected chi connectivity index (χ4v) is 3.80. The van der Waals surface area contributed by atoms with E-state index >= 15 is 0 Å². The first-order valence-electron chi connectivity index (χ1n) is 8.23. The van der Waals surface area contributed by atoms with E-state index in [-0.39, 0.29) is 6.04 Å². The molecular formula is C18H19BrN4O. The predicted octanol–water partition coefficient (Wildman–Crippen LogP) is 4.23. The molecule has 1 aromatic carbocycles. The molecule has 0 unspecified atom stereocenters. The van der Waals surface area contributed by atoms with Crippen LogP contribution in [0.5, 0.6) is 0 Å². The van der Waals surface area contributed by atoms with Gasteiger partial charge < -0.3 is 9.73 Å². The normalized spacial score (nSPS) is 16.5. The van der Waals surface area contributed by atoms with E-state index in [1.807, 2.05) is 24.3 Å². The monoisotopic (exact) mass is 386 g/mol. The molecule has 0 amide bonds. The summed E-state index contributed by atoms with van der Waals surface area (Å²) in [5, 5.41) is 4.53. The molecule has 1 N–H and O–H groups in total. The van der Waals surface area contributed by atoms with Crippen LogP contribution in [0.15, 0.2) is 51.8 Å². The molecule has 0 bridgehead atoms. The quantitative estimate of drug-likeness (QED) is 0.710. The lowest BCUT2D eigenvalue weighted by atomic mass is 10.2. The average molecular weight is 387 g/mol. The molecule has 124 valence electrons. The second-order valence-electron chi connectivity index (χ2n) is 6.01. The number of aromatic nitrogens is 2. The van der Waals surface area contributed by atoms with Crippen molar-refractivity contribution in [2.75, 3.05) is 25.0 Å². The van der Waals surface area contributed by atoms with Gasteiger partial charge in [-0.2, -0.15) is 0 Å². The fourth-order valence-electron chi connectivity index (χ4n) is 3.33. The van der Waals surface area contributed by atoms with Crippen LogP contribution in [0.1, 0.15) is 24.6 Å². The molecule has 1 fully saturated rings. The second-order valence-corrected chi connectivity index (χ2v) is 6.87. The maximum absolute atomic E-state index is 5.68. The Bertz CT molecular complexity index is 815. The van der Waals surface area contributed by atoms with E-state index < -0.39 is 0 Å². The van der Waals surface area contributed by atoms with Crippen LogP contribution in [0.3, 0.4) is 0 Å². The van der Waals surface area contributed by atoms with Crippen LogP contribution in [0.4, 0.5) is 5.82 Å². The highest BCUT2D eigenvalue weighted by Gasteiger charge is 2.25. The van der Waals surface area contributed by atoms with Crippen molar-refractivity contribution in [3.63, 3.8) is 0 Å². The van der Waals surface area contributed by atoms with Crippen molar-refractivity contribution in [3.8, 4) is 0 Å². The lowest BCUT2D eigenvalue weighted by Gasteiger charge is -2.26. The van der Waals surface area contributed by atoms with Crippen LogP contribution in [-0.2, 0) is 0 Å². The van der Waals surface area contributed by atoms with Crippen molar-refractivity contribution < 1.29 is 4.42 Å². The van der Waals surface area contributed by atoms with E-state index in [4.69, 9.17) is 4.42 Å². The molecule has 3 heterocycles. The Morgan fingerprint density at radius 2 is 2.04 bits per heavy atom. The average Bonchev–Trinajstić information content (AvgIpc) is 3.30. The first kappa shape index (κ1) is 15.6. The van der Waals surface area contributed by atoms with Gasteiger partial charge in [0.1, 0.15) is 17.9 Å². The van der Waals surface area contributed by atoms with Crippen LogP contribution in [-0.4, -0.2) is 34.5 Å². The lowest BCUT2D eigenvalue weighted by Crippen LogP contribution is -2.30. The summed E-state index contributed by atoms with van der Waals surface area (Å²) in [6.45, 7) is 2.98. The summed E-state index contributed by atoms with van der Waals surface area (Å²) in [4.78, 5) is 11.3. The molecule has 0 radical (unpaired) electrons. The van der Waals surface area contributed by atoms with Crippen molar-refractivity contribution in [3.05, 3.63) is 53.2 Å². The van der Waals surface area contributed by atoms with Gasteiger partial charge in [-0.15, -0.1) is 0 Å². The number of halogens is 1. The number of fused-ring (bicyclic) bond motifs is 1. The molecule has 5 nitrogen and oxygen atoms in total. The van der Waals surface area contributed by atoms with Gasteiger partial charge in [0.2, 0.25) is 0 Å². The van der Waals surface area contributed by atoms with Crippen molar-refractivity contribution in [1.29, 1.82) is 0 Å². The number of likely N-dealkylation sites (tertiary alicyclic amines) is 1. The minimum atomic E-state index is 0.222. The zero-order chi connectivity index (χ0) is 16.4. The molecule has 1 aliphatic heterocycles. The Hall–Kier alpha value is -1.92. The maximum atomic E-state index is 5.68. The van der Waals surface area contributed by atoms with Gasteiger partial charge >= 0.3 is 0 Å². The Kier molecular flexibility index (Phi) is 4.49. The molecule has 3 aromatic rings. The fraction of sp³-hybridized carbons (Fsp3) is 0.333. The summed E-state index contributed by atoms with van der Waals surface area (Å²) in [6, 6.07) is 10.3. The lowest BCUT2D eigenvalue weighted by molar-refractivity contribution is 0.225. The molecule has 1 atom stereocenters. The molecular weight excluding hydrogens is 368 g/mol. The smallest absolute Gasteiger partial charge is 0.137 e. The van der Waals surface area contributed by atoms with Crippen molar-refractivity contribution in [2.24, 2.45) is 0 Å². The van der Waals surface area contributed by atoms with E-state index in [9.17, 15) is 0 Å². The van der Waals surface area contributed by atoms with Gasteiger partial charge in [-0.05, 0) is 66.1 Å². The molecule has 1 aliphatic rings. The highest BCUT2D eigenvalue weighted by atomic mass is 79.9. The molecule has 6 heteroatoms. The van der Waals surface area contributed by atoms with Gasteiger partial charge in [0.05, 0.1) is 17.8 Å². The first-order valence-corrected chi connectivity index (χ1v) is 9.03. The SMILES string of the molecule is Brc1cccc2c(NC[C@@H](c3ccco3)N3CCCC3)ncnc12. The molecule has 0 spiro atoms. The van der Waals surface area contributed by atoms with E-state index in [0.717, 1.165) is 46.6 Å². The Morgan fingerprint density at radius 3 is 2.83 bits per heavy atom. The van der Waals surface area contributed by atoms with Crippen molar-refractivity contribution in [1.82, 2.24) is 14.9 Å². The minimum absolute atomic E-state index is 0.222. The van der Waals surface area contributed by atoms with E-state index in [1.54, 1.807) is 12.6 Å². The number of hydrogen-bond acceptors (Lipinski definition) is 5. The van der Waals surface area contributed by atoms with Crippen LogP contribution < -0.4 is 5.32 Å². The van der Waals surface area contributed by atoms with Gasteiger partial charge in [-0.25, -0.2) is 9.97 Å². The number of hydrogen-bond donors (Lipinski definition) is 1. The zero-order valence-corrected chi connectivity index (χ0v) is 14.9. The molecule has 1 saturated heterocycles. The highest BCUT2D eigenvalue weighted by Crippen LogP contribution is 2.29. The predicted molar refractivity (Wildman–Crippen MR) is 98.0 cm³/mol. The number of nitrogens with zero attached hydrogens (tertiary/aromatic N) is 3. The van der Waals surface area contributed by atoms with Crippen LogP contribution in [0.2, 0.25) is 0 Å². The minimum Gasteiger partial charge on any atom is -0.468 e. The molecule has 0 saturated carbocycles. The molecule has 0 aliphatic carbocycles. The van der Waals surface area contributed by atoms with E-state index in [0.29, 0.717) is 0 Å². The Labute approximate surface area is 149 Å². The number of furan rings is 1. The van der Waals surface area contributed by atoms with E-state index in [1.165, 1.54) is 12.8 Å². The third kappa shape index (κ3) is 3.03. The number of anilines is 1. The third-order valence-corrected chi connectivity index (χ3v) is 5.17. The van der Waals surface area contributed by atoms with Gasteiger partial charge in [0, 0.05) is 16.4 Å². The largest absolute Gasteiger partial charge is 0.468 e. The molecule has 2 aromatic heterocycles. The number of para-hydroxylation sites is 1. The third-order valence-electron chi connectivity index (χ3n) is 4.53. The van der Waals surface area contributed by atoms with Crippen LogP contribution in [0.25, 0.3) is 10.9 Å². The Balaban J connectivity index is 1.59. The topological polar surface area (TPSA) is 54.2 Å². The van der Waals surface area contributed by atoms with Gasteiger partial charge in [0.15, 0.2) is 0 Å². The second kappa shape index (κ2) is 6.91. The van der Waals surface area contributed by atoms with Crippen LogP contribution in [0, 0.1) is 0 Å². The molecule has 24 heavy (non-hydrogen) atoms. The summed E-state index contributed by atoms with van der Waals surface area (Å²) in [6.07, 6.45) is 5.85. The van der Waals surface area contributed by atoms with Gasteiger partial charge in [-0.1, -0.05) is 6.07 Å². The zero-order valence-electron chi connectivity index (χ0n) is 13.3. The maximum Gasteiger partial charge on any atom is 0.137 e. The summed E-state index contributed by atoms with van der Waals surface area (Å²) in [5.41, 5.74) is 0.922. The number of rotatable bonds is 5. The first-order chi connectivity index (χ1) is 11.8. The summed E-state index contributed by atoms with van der Waals surface area (Å²) in [5.74, 6) is 1.86. The highest BCUT2D eigenvalue weighted by molar-refractivity contribution is 9.10. The Morgan fingerprint density at radius 1 is 1.17 bits per heavy atom. The summed E-state index contributed by atoms with van der Waals surface area (Å²) in [7, 11) is 0. The summed E-state index contributed by atoms with van der Waals surface area (Å²) < 4.78 is 6.66. The standard InChI is InChI=1S/C18H19BrN4O/c19-14-6-3-5-13-17(14)21-12-22-18(13)20-11-15(16-7-4-10-24-16)23-8-1-2-9-23/h3-7,10,12,15H,1-2,8-9,11H2,(H,20,21,22)/t15-/m0/s1. The van der Waals surface area contributed by atoms with Gasteiger partial charge in [0.25, 0.3) is 0 Å². The number of benzene rings is 1. The van der Waals surface area contributed by atoms with Crippen molar-refractivity contribution >= 4 is 32.7 Å². The molecule has 4 rings (SSSR count). The van der Waals surface area contributed by atoms with Gasteiger partial charge in [-0.3, -0.25) is 4.90 Å². The van der Waals surface area contributed by atoms with Crippen LogP contribution >= 0.6 is 15.9 Å². The summed E-state index contributed by atoms with van der Waals surface area (Å²) >= 11 is 3.56. The number of nitrogens with one attached hydrogen (secondary N) is 1. The van der Waals surface area contributed by atoms with E-state index in [2.05, 4.69) is 42.2 Å². The van der Waals surface area contributed by atoms with Crippen molar-refractivity contribution in [2.45, 2.75) is 18.9 Å².